The number of fused-ring (bicyclic) bond motifs is 3. The maximum absolute atomic E-state index is 13.7. The number of benzene rings is 4. The number of aryl methyl sites for hydroxylation is 1. The summed E-state index contributed by atoms with van der Waals surface area (Å²) in [6.07, 6.45) is 8.20. The van der Waals surface area contributed by atoms with Gasteiger partial charge in [0.25, 0.3) is 5.91 Å². The van der Waals surface area contributed by atoms with E-state index in [1.54, 1.807) is 0 Å². The molecule has 15 nitrogen and oxygen atoms in total. The van der Waals surface area contributed by atoms with Gasteiger partial charge in [-0.25, -0.2) is 14.8 Å². The molecule has 11 rings (SSSR count). The first-order valence-electron chi connectivity index (χ1n) is 25.8. The third-order valence-corrected chi connectivity index (χ3v) is 16.6. The van der Waals surface area contributed by atoms with E-state index in [9.17, 15) is 24.3 Å². The van der Waals surface area contributed by atoms with Crippen molar-refractivity contribution in [3.05, 3.63) is 125 Å². The Bertz CT molecular complexity index is 3240. The molecule has 376 valence electrons. The number of amides is 3. The maximum Gasteiger partial charge on any atom is 0.355 e. The molecule has 16 heteroatoms. The van der Waals surface area contributed by atoms with Crippen LogP contribution in [0.2, 0.25) is 0 Å². The van der Waals surface area contributed by atoms with Gasteiger partial charge in [0.05, 0.1) is 33.4 Å². The Hall–Kier alpha value is -7.17. The number of nitrogens with zero attached hydrogens (tertiary/aromatic N) is 7. The average Bonchev–Trinajstić information content (AvgIpc) is 3.96. The topological polar surface area (TPSA) is 175 Å². The summed E-state index contributed by atoms with van der Waals surface area (Å²) in [4.78, 5) is 67.5. The van der Waals surface area contributed by atoms with Crippen LogP contribution in [0.15, 0.2) is 91.0 Å². The van der Waals surface area contributed by atoms with Gasteiger partial charge in [0, 0.05) is 74.4 Å². The first-order chi connectivity index (χ1) is 35.4. The lowest BCUT2D eigenvalue weighted by Gasteiger charge is -2.41. The van der Waals surface area contributed by atoms with Crippen LogP contribution in [-0.4, -0.2) is 98.3 Å². The molecule has 3 N–H and O–H groups in total. The number of pyridine rings is 1. The zero-order chi connectivity index (χ0) is 50.3. The minimum absolute atomic E-state index is 0.0200. The van der Waals surface area contributed by atoms with E-state index in [2.05, 4.69) is 50.5 Å². The molecular weight excluding hydrogens is 939 g/mol. The molecule has 0 bridgehead atoms. The number of thiazole rings is 1. The number of ether oxygens (including phenoxy) is 1. The number of carboxylic acid groups (broad SMARTS) is 1. The Morgan fingerprint density at radius 1 is 0.890 bits per heavy atom. The molecule has 0 radical (unpaired) electrons. The number of imide groups is 1. The summed E-state index contributed by atoms with van der Waals surface area (Å²) < 4.78 is 9.56. The van der Waals surface area contributed by atoms with E-state index in [1.165, 1.54) is 24.2 Å². The van der Waals surface area contributed by atoms with Crippen LogP contribution in [0.3, 0.4) is 0 Å². The van der Waals surface area contributed by atoms with Crippen molar-refractivity contribution in [1.29, 1.82) is 0 Å². The van der Waals surface area contributed by atoms with Crippen LogP contribution in [0.1, 0.15) is 107 Å². The second kappa shape index (κ2) is 20.4. The lowest BCUT2D eigenvalue weighted by molar-refractivity contribution is -0.134. The summed E-state index contributed by atoms with van der Waals surface area (Å²) in [5.74, 6) is -0.229. The first kappa shape index (κ1) is 48.1. The number of aromatic carboxylic acids is 1. The number of piperazine rings is 1. The quantitative estimate of drug-likeness (QED) is 0.0935. The number of para-hydroxylation sites is 1. The molecular formula is C57H61N9O6S. The number of anilines is 3. The number of carbonyl (C=O) groups is 4. The first-order valence-corrected chi connectivity index (χ1v) is 26.6. The molecule has 1 aliphatic carbocycles. The van der Waals surface area contributed by atoms with Gasteiger partial charge in [-0.15, -0.1) is 0 Å². The number of carbonyl (C=O) groups excluding carboxylic acids is 3. The number of hydrogen-bond acceptors (Lipinski definition) is 12. The number of carboxylic acids is 1. The maximum atomic E-state index is 13.7. The molecule has 2 saturated heterocycles. The van der Waals surface area contributed by atoms with Gasteiger partial charge in [0.1, 0.15) is 11.6 Å². The molecule has 6 heterocycles. The molecule has 4 aliphatic rings. The fourth-order valence-corrected chi connectivity index (χ4v) is 12.6. The van der Waals surface area contributed by atoms with Crippen molar-refractivity contribution in [1.82, 2.24) is 30.0 Å². The standard InChI is InChI=1S/C57H61N9O6S/c1-34-32-64(29-30-66(34)38-18-21-43-47(31-38)63(3)62-52(43)44-23-25-51(67)60-55(44)69)27-8-9-36-16-19-39(20-17-36)72-48-14-7-11-40(35(48)2)41-22-24-50(59-53(41)56(70)71)65-28-26-37-10-6-12-42(45(37)33-65)54(68)61-57-58-46-13-4-5-15-49(46)73-57/h4-7,10-15,18,21-22,24,31,34,36,39,44H,8-9,16-17,19-20,23,25-30,32-33H2,1-3H3,(H,70,71)(H,58,61,68)(H,60,67,69). The highest BCUT2D eigenvalue weighted by Gasteiger charge is 2.33. The molecule has 1 saturated carbocycles. The Kier molecular flexibility index (Phi) is 13.4. The monoisotopic (exact) mass is 999 g/mol. The van der Waals surface area contributed by atoms with Gasteiger partial charge in [0.15, 0.2) is 10.8 Å². The van der Waals surface area contributed by atoms with E-state index in [-0.39, 0.29) is 29.5 Å². The third kappa shape index (κ3) is 9.89. The number of rotatable bonds is 13. The van der Waals surface area contributed by atoms with Crippen LogP contribution in [-0.2, 0) is 29.6 Å². The Balaban J connectivity index is 0.670. The lowest BCUT2D eigenvalue weighted by atomic mass is 9.84. The van der Waals surface area contributed by atoms with Gasteiger partial charge in [-0.3, -0.25) is 34.6 Å². The van der Waals surface area contributed by atoms with Gasteiger partial charge in [-0.05, 0) is 155 Å². The predicted octanol–water partition coefficient (Wildman–Crippen LogP) is 9.52. The fourth-order valence-electron chi connectivity index (χ4n) is 11.7. The molecule has 2 unspecified atom stereocenters. The smallest absolute Gasteiger partial charge is 0.355 e. The molecule has 73 heavy (non-hydrogen) atoms. The van der Waals surface area contributed by atoms with Gasteiger partial charge in [-0.2, -0.15) is 5.10 Å². The summed E-state index contributed by atoms with van der Waals surface area (Å²) >= 11 is 1.44. The zero-order valence-electron chi connectivity index (χ0n) is 41.6. The predicted molar refractivity (Wildman–Crippen MR) is 285 cm³/mol. The molecule has 7 aromatic rings. The zero-order valence-corrected chi connectivity index (χ0v) is 42.4. The third-order valence-electron chi connectivity index (χ3n) is 15.7. The summed E-state index contributed by atoms with van der Waals surface area (Å²) in [7, 11) is 1.92. The second-order valence-electron chi connectivity index (χ2n) is 20.3. The Labute approximate surface area is 428 Å². The van der Waals surface area contributed by atoms with E-state index in [0.29, 0.717) is 66.4 Å². The molecule has 3 aliphatic heterocycles. The van der Waals surface area contributed by atoms with Crippen LogP contribution in [0.5, 0.6) is 5.75 Å². The number of nitrogens with one attached hydrogen (secondary N) is 2. The van der Waals surface area contributed by atoms with Crippen molar-refractivity contribution in [2.24, 2.45) is 13.0 Å². The van der Waals surface area contributed by atoms with Gasteiger partial charge in [-0.1, -0.05) is 47.7 Å². The van der Waals surface area contributed by atoms with E-state index < -0.39 is 11.9 Å². The summed E-state index contributed by atoms with van der Waals surface area (Å²) in [5, 5.41) is 22.3. The average molecular weight is 1000 g/mol. The van der Waals surface area contributed by atoms with Crippen molar-refractivity contribution >= 4 is 72.8 Å². The summed E-state index contributed by atoms with van der Waals surface area (Å²) in [6, 6.07) is 30.0. The van der Waals surface area contributed by atoms with E-state index in [0.717, 1.165) is 112 Å². The van der Waals surface area contributed by atoms with Gasteiger partial charge >= 0.3 is 5.97 Å². The fraction of sp³-hybridized carbons (Fsp3) is 0.386. The minimum atomic E-state index is -1.10. The highest BCUT2D eigenvalue weighted by atomic mass is 32.1. The minimum Gasteiger partial charge on any atom is -0.490 e. The Morgan fingerprint density at radius 3 is 2.53 bits per heavy atom. The van der Waals surface area contributed by atoms with Crippen molar-refractivity contribution in [2.75, 3.05) is 47.8 Å². The molecule has 3 aromatic heterocycles. The molecule has 3 fully saturated rings. The van der Waals surface area contributed by atoms with Crippen molar-refractivity contribution in [2.45, 2.75) is 96.2 Å². The molecule has 2 atom stereocenters. The summed E-state index contributed by atoms with van der Waals surface area (Å²) in [6.45, 7) is 9.38. The van der Waals surface area contributed by atoms with Crippen LogP contribution in [0.4, 0.5) is 16.6 Å². The second-order valence-corrected chi connectivity index (χ2v) is 21.3. The lowest BCUT2D eigenvalue weighted by Crippen LogP contribution is -2.52. The number of piperidine rings is 1. The van der Waals surface area contributed by atoms with Gasteiger partial charge in [0.2, 0.25) is 11.8 Å². The number of aromatic nitrogens is 4. The molecule has 0 spiro atoms. The van der Waals surface area contributed by atoms with Crippen molar-refractivity contribution in [3.63, 3.8) is 0 Å². The highest BCUT2D eigenvalue weighted by Crippen LogP contribution is 2.38. The largest absolute Gasteiger partial charge is 0.490 e. The molecule has 3 amide bonds. The van der Waals surface area contributed by atoms with E-state index in [4.69, 9.17) is 14.8 Å². The highest BCUT2D eigenvalue weighted by molar-refractivity contribution is 7.22. The Morgan fingerprint density at radius 2 is 1.73 bits per heavy atom. The number of hydrogen-bond donors (Lipinski definition) is 3. The van der Waals surface area contributed by atoms with Crippen molar-refractivity contribution < 1.29 is 29.0 Å². The van der Waals surface area contributed by atoms with Crippen molar-refractivity contribution in [3.8, 4) is 16.9 Å². The summed E-state index contributed by atoms with van der Waals surface area (Å²) in [5.41, 5.74) is 8.49. The molecule has 4 aromatic carbocycles. The SMILES string of the molecule is Cc1c(OC2CCC(CCCN3CCN(c4ccc5c(C6CCC(=O)NC6=O)nn(C)c5c4)C(C)C3)CC2)cccc1-c1ccc(N2CCc3cccc(C(=O)Nc4nc5ccccc5s4)c3C2)nc1C(=O)O. The van der Waals surface area contributed by atoms with Crippen LogP contribution in [0, 0.1) is 12.8 Å². The normalized spacial score (nSPS) is 20.5. The van der Waals surface area contributed by atoms with Crippen LogP contribution < -0.4 is 25.2 Å². The van der Waals surface area contributed by atoms with Gasteiger partial charge < -0.3 is 19.6 Å². The van der Waals surface area contributed by atoms with Crippen LogP contribution in [0.25, 0.3) is 32.2 Å². The van der Waals surface area contributed by atoms with E-state index in [1.807, 2.05) is 96.3 Å². The van der Waals surface area contributed by atoms with Crippen LogP contribution >= 0.6 is 11.3 Å². The van der Waals surface area contributed by atoms with E-state index >= 15 is 0 Å².